The molecule has 0 aromatic heterocycles. The van der Waals surface area contributed by atoms with Crippen molar-refractivity contribution in [2.75, 3.05) is 32.0 Å². The van der Waals surface area contributed by atoms with Crippen molar-refractivity contribution >= 4 is 17.5 Å². The highest BCUT2D eigenvalue weighted by Crippen LogP contribution is 2.33. The predicted octanol–water partition coefficient (Wildman–Crippen LogP) is 2.31. The maximum absolute atomic E-state index is 13.0. The summed E-state index contributed by atoms with van der Waals surface area (Å²) in [6.45, 7) is 6.14. The van der Waals surface area contributed by atoms with Crippen LogP contribution in [-0.2, 0) is 9.59 Å². The van der Waals surface area contributed by atoms with E-state index < -0.39 is 6.04 Å². The van der Waals surface area contributed by atoms with Crippen molar-refractivity contribution < 1.29 is 14.0 Å². The van der Waals surface area contributed by atoms with E-state index in [1.54, 1.807) is 12.1 Å². The van der Waals surface area contributed by atoms with Gasteiger partial charge >= 0.3 is 0 Å². The molecule has 29 heavy (non-hydrogen) atoms. The van der Waals surface area contributed by atoms with Crippen LogP contribution in [0.4, 0.5) is 10.1 Å². The Bertz CT molecular complexity index is 716. The van der Waals surface area contributed by atoms with E-state index in [0.717, 1.165) is 38.9 Å². The van der Waals surface area contributed by atoms with Gasteiger partial charge in [-0.3, -0.25) is 9.59 Å². The van der Waals surface area contributed by atoms with Gasteiger partial charge in [-0.1, -0.05) is 13.8 Å². The molecule has 1 aromatic carbocycles. The SMILES string of the molecule is CC(C)C(N)C(=O)N1CCC(C2CC(C(=O)Nc3ccc(F)cc3)CN2C)CC1. The van der Waals surface area contributed by atoms with Crippen LogP contribution in [-0.4, -0.2) is 60.4 Å². The summed E-state index contributed by atoms with van der Waals surface area (Å²) in [6.07, 6.45) is 2.70. The Balaban J connectivity index is 1.52. The quantitative estimate of drug-likeness (QED) is 0.789. The summed E-state index contributed by atoms with van der Waals surface area (Å²) in [5.74, 6) is 0.257. The second kappa shape index (κ2) is 9.22. The molecule has 6 nitrogen and oxygen atoms in total. The number of rotatable bonds is 5. The van der Waals surface area contributed by atoms with Crippen LogP contribution < -0.4 is 11.1 Å². The van der Waals surface area contributed by atoms with Crippen LogP contribution in [0, 0.1) is 23.6 Å². The van der Waals surface area contributed by atoms with Crippen molar-refractivity contribution in [1.82, 2.24) is 9.80 Å². The molecule has 2 amide bonds. The summed E-state index contributed by atoms with van der Waals surface area (Å²) in [5, 5.41) is 2.90. The number of benzene rings is 1. The number of nitrogens with zero attached hydrogens (tertiary/aromatic N) is 2. The van der Waals surface area contributed by atoms with Crippen LogP contribution in [0.25, 0.3) is 0 Å². The Kier molecular flexibility index (Phi) is 6.90. The molecule has 0 saturated carbocycles. The normalized spacial score (nSPS) is 24.7. The number of amides is 2. The summed E-state index contributed by atoms with van der Waals surface area (Å²) in [4.78, 5) is 29.3. The van der Waals surface area contributed by atoms with Crippen LogP contribution >= 0.6 is 0 Å². The minimum atomic E-state index is -0.430. The van der Waals surface area contributed by atoms with Gasteiger partial charge in [-0.05, 0) is 62.4 Å². The summed E-state index contributed by atoms with van der Waals surface area (Å²) in [7, 11) is 2.07. The van der Waals surface area contributed by atoms with Gasteiger partial charge in [-0.15, -0.1) is 0 Å². The molecule has 0 aliphatic carbocycles. The molecular weight excluding hydrogens is 371 g/mol. The zero-order valence-corrected chi connectivity index (χ0v) is 17.6. The van der Waals surface area contributed by atoms with Gasteiger partial charge in [-0.2, -0.15) is 0 Å². The van der Waals surface area contributed by atoms with E-state index in [0.29, 0.717) is 17.6 Å². The van der Waals surface area contributed by atoms with Crippen molar-refractivity contribution in [3.8, 4) is 0 Å². The molecule has 3 unspecified atom stereocenters. The molecule has 7 heteroatoms. The Morgan fingerprint density at radius 2 is 1.79 bits per heavy atom. The molecule has 160 valence electrons. The molecule has 2 saturated heterocycles. The molecule has 3 rings (SSSR count). The number of piperidine rings is 1. The zero-order chi connectivity index (χ0) is 21.1. The van der Waals surface area contributed by atoms with Crippen molar-refractivity contribution in [3.05, 3.63) is 30.1 Å². The number of likely N-dealkylation sites (tertiary alicyclic amines) is 2. The fraction of sp³-hybridized carbons (Fsp3) is 0.636. The van der Waals surface area contributed by atoms with E-state index in [2.05, 4.69) is 17.3 Å². The third-order valence-electron chi connectivity index (χ3n) is 6.48. The van der Waals surface area contributed by atoms with Crippen molar-refractivity contribution in [2.24, 2.45) is 23.5 Å². The van der Waals surface area contributed by atoms with Gasteiger partial charge in [0.2, 0.25) is 11.8 Å². The smallest absolute Gasteiger partial charge is 0.239 e. The summed E-state index contributed by atoms with van der Waals surface area (Å²) >= 11 is 0. The number of carbonyl (C=O) groups excluding carboxylic acids is 2. The fourth-order valence-electron chi connectivity index (χ4n) is 4.55. The van der Waals surface area contributed by atoms with Gasteiger partial charge in [0, 0.05) is 31.4 Å². The van der Waals surface area contributed by atoms with E-state index in [4.69, 9.17) is 5.73 Å². The lowest BCUT2D eigenvalue weighted by molar-refractivity contribution is -0.135. The molecule has 0 bridgehead atoms. The average molecular weight is 405 g/mol. The van der Waals surface area contributed by atoms with Gasteiger partial charge < -0.3 is 20.9 Å². The average Bonchev–Trinajstić information content (AvgIpc) is 3.10. The Labute approximate surface area is 172 Å². The second-order valence-electron chi connectivity index (χ2n) is 8.87. The highest BCUT2D eigenvalue weighted by atomic mass is 19.1. The molecule has 2 aliphatic heterocycles. The first kappa shape index (κ1) is 21.7. The molecule has 0 spiro atoms. The summed E-state index contributed by atoms with van der Waals surface area (Å²) in [6, 6.07) is 5.77. The molecule has 1 aromatic rings. The Hall–Kier alpha value is -1.99. The van der Waals surface area contributed by atoms with E-state index in [1.807, 2.05) is 18.7 Å². The van der Waals surface area contributed by atoms with E-state index in [1.165, 1.54) is 12.1 Å². The van der Waals surface area contributed by atoms with Crippen LogP contribution in [0.5, 0.6) is 0 Å². The van der Waals surface area contributed by atoms with E-state index in [9.17, 15) is 14.0 Å². The fourth-order valence-corrected chi connectivity index (χ4v) is 4.55. The highest BCUT2D eigenvalue weighted by molar-refractivity contribution is 5.92. The lowest BCUT2D eigenvalue weighted by atomic mass is 9.86. The first-order valence-corrected chi connectivity index (χ1v) is 10.6. The molecule has 0 radical (unpaired) electrons. The third kappa shape index (κ3) is 5.14. The Morgan fingerprint density at radius 3 is 2.38 bits per heavy atom. The van der Waals surface area contributed by atoms with Gasteiger partial charge in [0.05, 0.1) is 12.0 Å². The lowest BCUT2D eigenvalue weighted by Crippen LogP contribution is -2.50. The summed E-state index contributed by atoms with van der Waals surface area (Å²) in [5.41, 5.74) is 6.65. The number of nitrogens with one attached hydrogen (secondary N) is 1. The number of hydrogen-bond donors (Lipinski definition) is 2. The molecule has 3 atom stereocenters. The van der Waals surface area contributed by atoms with Gasteiger partial charge in [0.25, 0.3) is 0 Å². The van der Waals surface area contributed by atoms with Gasteiger partial charge in [-0.25, -0.2) is 4.39 Å². The van der Waals surface area contributed by atoms with Crippen molar-refractivity contribution in [2.45, 2.75) is 45.2 Å². The van der Waals surface area contributed by atoms with Crippen LogP contribution in [0.15, 0.2) is 24.3 Å². The standard InChI is InChI=1S/C22H33FN4O2/c1-14(2)20(24)22(29)27-10-8-15(9-11-27)19-12-16(13-26(19)3)21(28)25-18-6-4-17(23)5-7-18/h4-7,14-16,19-20H,8-13,24H2,1-3H3,(H,25,28). The number of nitrogens with two attached hydrogens (primary N) is 1. The monoisotopic (exact) mass is 404 g/mol. The number of hydrogen-bond acceptors (Lipinski definition) is 4. The maximum Gasteiger partial charge on any atom is 0.239 e. The first-order valence-electron chi connectivity index (χ1n) is 10.6. The predicted molar refractivity (Wildman–Crippen MR) is 112 cm³/mol. The third-order valence-corrected chi connectivity index (χ3v) is 6.48. The molecule has 3 N–H and O–H groups in total. The maximum atomic E-state index is 13.0. The second-order valence-corrected chi connectivity index (χ2v) is 8.87. The summed E-state index contributed by atoms with van der Waals surface area (Å²) < 4.78 is 13.0. The van der Waals surface area contributed by atoms with E-state index >= 15 is 0 Å². The van der Waals surface area contributed by atoms with E-state index in [-0.39, 0.29) is 29.5 Å². The number of carbonyl (C=O) groups is 2. The minimum Gasteiger partial charge on any atom is -0.341 e. The highest BCUT2D eigenvalue weighted by Gasteiger charge is 2.40. The molecule has 2 aliphatic rings. The molecule has 2 fully saturated rings. The minimum absolute atomic E-state index is 0.0125. The van der Waals surface area contributed by atoms with Gasteiger partial charge in [0.1, 0.15) is 5.82 Å². The number of halogens is 1. The topological polar surface area (TPSA) is 78.7 Å². The molecular formula is C22H33FN4O2. The largest absolute Gasteiger partial charge is 0.341 e. The van der Waals surface area contributed by atoms with Crippen molar-refractivity contribution in [1.29, 1.82) is 0 Å². The Morgan fingerprint density at radius 1 is 1.17 bits per heavy atom. The van der Waals surface area contributed by atoms with Crippen molar-refractivity contribution in [3.63, 3.8) is 0 Å². The van der Waals surface area contributed by atoms with Gasteiger partial charge in [0.15, 0.2) is 0 Å². The van der Waals surface area contributed by atoms with Crippen LogP contribution in [0.2, 0.25) is 0 Å². The number of anilines is 1. The lowest BCUT2D eigenvalue weighted by Gasteiger charge is -2.38. The molecule has 2 heterocycles. The first-order chi connectivity index (χ1) is 13.8. The van der Waals surface area contributed by atoms with Crippen LogP contribution in [0.1, 0.15) is 33.1 Å². The van der Waals surface area contributed by atoms with Crippen LogP contribution in [0.3, 0.4) is 0 Å². The zero-order valence-electron chi connectivity index (χ0n) is 17.6.